The van der Waals surface area contributed by atoms with Gasteiger partial charge >= 0.3 is 6.18 Å². The van der Waals surface area contributed by atoms with Crippen LogP contribution in [0.5, 0.6) is 0 Å². The van der Waals surface area contributed by atoms with Crippen molar-refractivity contribution in [3.8, 4) is 0 Å². The number of carbonyl (C=O) groups excluding carboxylic acids is 1. The lowest BCUT2D eigenvalue weighted by Crippen LogP contribution is -2.11. The summed E-state index contributed by atoms with van der Waals surface area (Å²) < 4.78 is 38.9. The molecule has 19 heavy (non-hydrogen) atoms. The summed E-state index contributed by atoms with van der Waals surface area (Å²) >= 11 is 0. The lowest BCUT2D eigenvalue weighted by Gasteiger charge is -2.13. The molecule has 1 aromatic heterocycles. The van der Waals surface area contributed by atoms with Crippen molar-refractivity contribution >= 4 is 6.29 Å². The monoisotopic (exact) mass is 268 g/mol. The molecule has 0 fully saturated rings. The van der Waals surface area contributed by atoms with Gasteiger partial charge in [-0.05, 0) is 24.6 Å². The van der Waals surface area contributed by atoms with Crippen molar-refractivity contribution in [1.29, 1.82) is 0 Å². The lowest BCUT2D eigenvalue weighted by molar-refractivity contribution is -0.137. The van der Waals surface area contributed by atoms with E-state index >= 15 is 0 Å². The van der Waals surface area contributed by atoms with E-state index < -0.39 is 17.8 Å². The highest BCUT2D eigenvalue weighted by Gasteiger charge is 2.30. The number of hydrogen-bond donors (Lipinski definition) is 0. The normalized spacial score (nSPS) is 13.3. The van der Waals surface area contributed by atoms with Crippen LogP contribution in [0.2, 0.25) is 0 Å². The molecule has 1 atom stereocenters. The van der Waals surface area contributed by atoms with Crippen LogP contribution in [0.1, 0.15) is 22.9 Å². The van der Waals surface area contributed by atoms with Gasteiger partial charge in [-0.3, -0.25) is 0 Å². The SMILES string of the molecule is Cc1cn(C(C=O)c2ccc(C(F)(F)F)cc2)cn1. The Labute approximate surface area is 107 Å². The van der Waals surface area contributed by atoms with Crippen LogP contribution in [-0.4, -0.2) is 15.8 Å². The number of nitrogens with zero attached hydrogens (tertiary/aromatic N) is 2. The van der Waals surface area contributed by atoms with Crippen molar-refractivity contribution in [2.45, 2.75) is 19.1 Å². The van der Waals surface area contributed by atoms with E-state index in [9.17, 15) is 18.0 Å². The molecule has 100 valence electrons. The number of aromatic nitrogens is 2. The first-order valence-corrected chi connectivity index (χ1v) is 5.54. The molecule has 2 aromatic rings. The first kappa shape index (κ1) is 13.3. The Morgan fingerprint density at radius 3 is 2.32 bits per heavy atom. The van der Waals surface area contributed by atoms with Gasteiger partial charge in [-0.2, -0.15) is 13.2 Å². The van der Waals surface area contributed by atoms with Crippen LogP contribution in [0.4, 0.5) is 13.2 Å². The minimum absolute atomic E-state index is 0.486. The highest BCUT2D eigenvalue weighted by molar-refractivity contribution is 5.62. The topological polar surface area (TPSA) is 34.9 Å². The lowest BCUT2D eigenvalue weighted by atomic mass is 10.1. The Bertz CT molecular complexity index is 572. The third-order valence-electron chi connectivity index (χ3n) is 2.76. The zero-order valence-corrected chi connectivity index (χ0v) is 10.1. The minimum atomic E-state index is -4.37. The molecule has 1 heterocycles. The summed E-state index contributed by atoms with van der Waals surface area (Å²) in [6.45, 7) is 1.77. The average molecular weight is 268 g/mol. The van der Waals surface area contributed by atoms with Gasteiger partial charge in [0.2, 0.25) is 0 Å². The van der Waals surface area contributed by atoms with Gasteiger partial charge < -0.3 is 9.36 Å². The number of aldehydes is 1. The highest BCUT2D eigenvalue weighted by Crippen LogP contribution is 2.30. The molecule has 0 bridgehead atoms. The molecule has 0 saturated carbocycles. The number of alkyl halides is 3. The summed E-state index contributed by atoms with van der Waals surface area (Å²) in [4.78, 5) is 15.1. The third-order valence-corrected chi connectivity index (χ3v) is 2.76. The predicted octanol–water partition coefficient (Wildman–Crippen LogP) is 3.00. The molecule has 0 radical (unpaired) electrons. The van der Waals surface area contributed by atoms with E-state index in [1.807, 2.05) is 0 Å². The van der Waals surface area contributed by atoms with Crippen molar-refractivity contribution < 1.29 is 18.0 Å². The van der Waals surface area contributed by atoms with E-state index in [0.717, 1.165) is 17.8 Å². The van der Waals surface area contributed by atoms with Crippen LogP contribution in [0.15, 0.2) is 36.8 Å². The maximum Gasteiger partial charge on any atom is 0.416 e. The molecule has 0 saturated heterocycles. The molecular weight excluding hydrogens is 257 g/mol. The van der Waals surface area contributed by atoms with Crippen molar-refractivity contribution in [2.24, 2.45) is 0 Å². The molecule has 2 rings (SSSR count). The first-order valence-electron chi connectivity index (χ1n) is 5.54. The fourth-order valence-electron chi connectivity index (χ4n) is 1.78. The van der Waals surface area contributed by atoms with Gasteiger partial charge in [-0.25, -0.2) is 4.98 Å². The number of carbonyl (C=O) groups is 1. The van der Waals surface area contributed by atoms with Gasteiger partial charge in [0.1, 0.15) is 12.3 Å². The van der Waals surface area contributed by atoms with Gasteiger partial charge in [0.25, 0.3) is 0 Å². The Kier molecular flexibility index (Phi) is 3.42. The second-order valence-corrected chi connectivity index (χ2v) is 4.16. The summed E-state index contributed by atoms with van der Waals surface area (Å²) in [5, 5.41) is 0. The van der Waals surface area contributed by atoms with Crippen molar-refractivity contribution in [2.75, 3.05) is 0 Å². The Morgan fingerprint density at radius 2 is 1.89 bits per heavy atom. The van der Waals surface area contributed by atoms with E-state index in [1.54, 1.807) is 17.7 Å². The zero-order valence-electron chi connectivity index (χ0n) is 10.1. The van der Waals surface area contributed by atoms with Gasteiger partial charge in [-0.15, -0.1) is 0 Å². The van der Waals surface area contributed by atoms with Gasteiger partial charge in [0.05, 0.1) is 17.6 Å². The number of benzene rings is 1. The predicted molar refractivity (Wildman–Crippen MR) is 62.6 cm³/mol. The molecular formula is C13H11F3N2O. The smallest absolute Gasteiger partial charge is 0.323 e. The van der Waals surface area contributed by atoms with E-state index in [0.29, 0.717) is 11.8 Å². The van der Waals surface area contributed by atoms with E-state index in [1.165, 1.54) is 18.5 Å². The molecule has 0 aliphatic rings. The number of imidazole rings is 1. The summed E-state index contributed by atoms with van der Waals surface area (Å²) in [7, 11) is 0. The van der Waals surface area contributed by atoms with Crippen LogP contribution in [-0.2, 0) is 11.0 Å². The van der Waals surface area contributed by atoms with Crippen LogP contribution in [0.3, 0.4) is 0 Å². The Hall–Kier alpha value is -2.11. The fraction of sp³-hybridized carbons (Fsp3) is 0.231. The molecule has 0 aliphatic heterocycles. The average Bonchev–Trinajstić information content (AvgIpc) is 2.76. The van der Waals surface area contributed by atoms with Gasteiger partial charge in [0, 0.05) is 6.20 Å². The number of hydrogen-bond acceptors (Lipinski definition) is 2. The first-order chi connectivity index (χ1) is 8.91. The maximum absolute atomic E-state index is 12.4. The number of aryl methyl sites for hydroxylation is 1. The minimum Gasteiger partial charge on any atom is -0.323 e. The van der Waals surface area contributed by atoms with Gasteiger partial charge in [-0.1, -0.05) is 12.1 Å². The Morgan fingerprint density at radius 1 is 1.26 bits per heavy atom. The van der Waals surface area contributed by atoms with Crippen LogP contribution in [0, 0.1) is 6.92 Å². The Balaban J connectivity index is 2.32. The standard InChI is InChI=1S/C13H11F3N2O/c1-9-6-18(8-17-9)12(7-19)10-2-4-11(5-3-10)13(14,15)16/h2-8,12H,1H3. The number of halogens is 3. The molecule has 0 spiro atoms. The molecule has 1 aromatic carbocycles. The fourth-order valence-corrected chi connectivity index (χ4v) is 1.78. The number of rotatable bonds is 3. The molecule has 0 N–H and O–H groups in total. The molecule has 6 heteroatoms. The second-order valence-electron chi connectivity index (χ2n) is 4.16. The van der Waals surface area contributed by atoms with Crippen LogP contribution in [0.25, 0.3) is 0 Å². The van der Waals surface area contributed by atoms with Crippen LogP contribution >= 0.6 is 0 Å². The summed E-state index contributed by atoms with van der Waals surface area (Å²) in [6.07, 6.45) is -0.562. The zero-order chi connectivity index (χ0) is 14.0. The molecule has 0 aliphatic carbocycles. The largest absolute Gasteiger partial charge is 0.416 e. The van der Waals surface area contributed by atoms with E-state index in [4.69, 9.17) is 0 Å². The second kappa shape index (κ2) is 4.87. The summed E-state index contributed by atoms with van der Waals surface area (Å²) in [5.74, 6) is 0. The molecule has 0 amide bonds. The van der Waals surface area contributed by atoms with Crippen molar-refractivity contribution in [3.63, 3.8) is 0 Å². The van der Waals surface area contributed by atoms with Crippen molar-refractivity contribution in [3.05, 3.63) is 53.6 Å². The van der Waals surface area contributed by atoms with E-state index in [2.05, 4.69) is 4.98 Å². The van der Waals surface area contributed by atoms with Gasteiger partial charge in [0.15, 0.2) is 0 Å². The molecule has 3 nitrogen and oxygen atoms in total. The highest BCUT2D eigenvalue weighted by atomic mass is 19.4. The summed E-state index contributed by atoms with van der Waals surface area (Å²) in [6, 6.07) is 3.88. The van der Waals surface area contributed by atoms with Crippen LogP contribution < -0.4 is 0 Å². The summed E-state index contributed by atoms with van der Waals surface area (Å²) in [5.41, 5.74) is 0.488. The maximum atomic E-state index is 12.4. The third kappa shape index (κ3) is 2.83. The molecule has 1 unspecified atom stereocenters. The quantitative estimate of drug-likeness (QED) is 0.802. The van der Waals surface area contributed by atoms with Crippen molar-refractivity contribution in [1.82, 2.24) is 9.55 Å². The van der Waals surface area contributed by atoms with E-state index in [-0.39, 0.29) is 0 Å².